The van der Waals surface area contributed by atoms with E-state index < -0.39 is 0 Å². The molecule has 4 heterocycles. The average Bonchev–Trinajstić information content (AvgIpc) is 3.33. The molecule has 31 heavy (non-hydrogen) atoms. The average molecular weight is 432 g/mol. The van der Waals surface area contributed by atoms with Crippen molar-refractivity contribution in [2.24, 2.45) is 0 Å². The minimum absolute atomic E-state index is 0.0114. The Balaban J connectivity index is 0.000000176. The summed E-state index contributed by atoms with van der Waals surface area (Å²) in [4.78, 5) is 48.8. The highest BCUT2D eigenvalue weighted by atomic mass is 16.2. The van der Waals surface area contributed by atoms with Crippen molar-refractivity contribution in [3.05, 3.63) is 23.5 Å². The van der Waals surface area contributed by atoms with Gasteiger partial charge in [-0.15, -0.1) is 0 Å². The van der Waals surface area contributed by atoms with E-state index in [4.69, 9.17) is 0 Å². The molecular weight excluding hydrogens is 398 g/mol. The largest absolute Gasteiger partial charge is 0.384 e. The number of hydrogen-bond donors (Lipinski definition) is 2. The number of nitrogens with zero attached hydrogens (tertiary/aromatic N) is 3. The lowest BCUT2D eigenvalue weighted by atomic mass is 10.1. The lowest BCUT2D eigenvalue weighted by Crippen LogP contribution is -2.56. The van der Waals surface area contributed by atoms with E-state index in [1.165, 1.54) is 11.9 Å². The van der Waals surface area contributed by atoms with Gasteiger partial charge in [-0.05, 0) is 52.2 Å². The van der Waals surface area contributed by atoms with Crippen LogP contribution in [0.5, 0.6) is 0 Å². The third-order valence-corrected chi connectivity index (χ3v) is 6.45. The van der Waals surface area contributed by atoms with Gasteiger partial charge in [0, 0.05) is 33.1 Å². The summed E-state index contributed by atoms with van der Waals surface area (Å²) in [5, 5.41) is 9.32. The zero-order chi connectivity index (χ0) is 22.7. The first-order chi connectivity index (χ1) is 14.8. The van der Waals surface area contributed by atoms with E-state index >= 15 is 0 Å². The van der Waals surface area contributed by atoms with Crippen LogP contribution in [-0.4, -0.2) is 83.6 Å². The van der Waals surface area contributed by atoms with E-state index in [9.17, 15) is 19.2 Å². The summed E-state index contributed by atoms with van der Waals surface area (Å²) in [6.07, 6.45) is 8.22. The maximum absolute atomic E-state index is 12.2. The van der Waals surface area contributed by atoms with Crippen LogP contribution < -0.4 is 10.6 Å². The molecule has 0 saturated carbocycles. The van der Waals surface area contributed by atoms with Crippen molar-refractivity contribution in [1.82, 2.24) is 25.6 Å². The Bertz CT molecular complexity index is 821. The van der Waals surface area contributed by atoms with E-state index in [1.54, 1.807) is 25.9 Å². The van der Waals surface area contributed by atoms with E-state index in [-0.39, 0.29) is 41.5 Å². The molecule has 4 aliphatic heterocycles. The third kappa shape index (κ3) is 4.57. The maximum atomic E-state index is 12.2. The number of ketones is 2. The number of nitrogens with one attached hydrogen (secondary N) is 2. The quantitative estimate of drug-likeness (QED) is 0.662. The van der Waals surface area contributed by atoms with Gasteiger partial charge in [-0.2, -0.15) is 0 Å². The van der Waals surface area contributed by atoms with Crippen LogP contribution in [-0.2, 0) is 19.2 Å². The summed E-state index contributed by atoms with van der Waals surface area (Å²) in [5.41, 5.74) is 1.15. The number of carbonyl (C=O) groups excluding carboxylic acids is 4. The smallest absolute Gasteiger partial charge is 0.270 e. The Morgan fingerprint density at radius 1 is 1.03 bits per heavy atom. The van der Waals surface area contributed by atoms with Crippen LogP contribution in [0.3, 0.4) is 0 Å². The maximum Gasteiger partial charge on any atom is 0.270 e. The molecule has 4 rings (SSSR count). The van der Waals surface area contributed by atoms with Crippen molar-refractivity contribution in [2.45, 2.75) is 64.1 Å². The van der Waals surface area contributed by atoms with E-state index in [0.717, 1.165) is 38.6 Å². The number of Topliss-reactive ketones (excluding diaryl/α,β-unsaturated/α-hetero) is 2. The van der Waals surface area contributed by atoms with Crippen molar-refractivity contribution in [3.63, 3.8) is 0 Å². The van der Waals surface area contributed by atoms with Crippen molar-refractivity contribution in [2.75, 3.05) is 27.2 Å². The molecule has 4 aliphatic rings. The molecule has 2 amide bonds. The number of hydrogen-bond acceptors (Lipinski definition) is 7. The van der Waals surface area contributed by atoms with Crippen molar-refractivity contribution >= 4 is 23.4 Å². The lowest BCUT2D eigenvalue weighted by molar-refractivity contribution is -0.151. The summed E-state index contributed by atoms with van der Waals surface area (Å²) in [6, 6.07) is -0.113. The summed E-state index contributed by atoms with van der Waals surface area (Å²) in [6.45, 7) is 4.54. The minimum Gasteiger partial charge on any atom is -0.384 e. The highest BCUT2D eigenvalue weighted by molar-refractivity contribution is 5.99. The monoisotopic (exact) mass is 431 g/mol. The van der Waals surface area contributed by atoms with Gasteiger partial charge < -0.3 is 15.5 Å². The summed E-state index contributed by atoms with van der Waals surface area (Å²) >= 11 is 0. The highest BCUT2D eigenvalue weighted by Gasteiger charge is 2.41. The van der Waals surface area contributed by atoms with Gasteiger partial charge in [0.25, 0.3) is 11.8 Å². The fourth-order valence-corrected chi connectivity index (χ4v) is 4.80. The first kappa shape index (κ1) is 23.1. The lowest BCUT2D eigenvalue weighted by Gasteiger charge is -2.37. The van der Waals surface area contributed by atoms with Crippen LogP contribution in [0.25, 0.3) is 0 Å². The number of likely N-dealkylation sites (N-methyl/N-ethyl adjacent to an activating group) is 2. The molecule has 0 aromatic carbocycles. The molecular formula is C22H33N5O4. The van der Waals surface area contributed by atoms with Gasteiger partial charge in [0.15, 0.2) is 11.6 Å². The van der Waals surface area contributed by atoms with Gasteiger partial charge in [-0.25, -0.2) is 10.0 Å². The SMILES string of the molecule is CNC1=CCCC2CCC(C(C)=O)N2C1=O.CNC1CCN2CC=C(C(C)=O)N2C1=O. The first-order valence-corrected chi connectivity index (χ1v) is 11.0. The molecule has 2 saturated heterocycles. The predicted octanol–water partition coefficient (Wildman–Crippen LogP) is 0.342. The second-order valence-corrected chi connectivity index (χ2v) is 8.35. The fourth-order valence-electron chi connectivity index (χ4n) is 4.80. The van der Waals surface area contributed by atoms with Gasteiger partial charge in [-0.1, -0.05) is 6.08 Å². The van der Waals surface area contributed by atoms with Crippen molar-refractivity contribution < 1.29 is 19.2 Å². The molecule has 170 valence electrons. The van der Waals surface area contributed by atoms with Gasteiger partial charge in [0.05, 0.1) is 17.8 Å². The molecule has 2 N–H and O–H groups in total. The van der Waals surface area contributed by atoms with Crippen LogP contribution in [0.15, 0.2) is 23.5 Å². The molecule has 9 nitrogen and oxygen atoms in total. The highest BCUT2D eigenvalue weighted by Crippen LogP contribution is 2.31. The first-order valence-electron chi connectivity index (χ1n) is 11.0. The molecule has 3 unspecified atom stereocenters. The normalized spacial score (nSPS) is 28.1. The van der Waals surface area contributed by atoms with Crippen LogP contribution in [0.2, 0.25) is 0 Å². The summed E-state index contributed by atoms with van der Waals surface area (Å²) in [7, 11) is 3.52. The number of rotatable bonds is 4. The molecule has 3 atom stereocenters. The van der Waals surface area contributed by atoms with Crippen LogP contribution >= 0.6 is 0 Å². The number of hydrazine groups is 1. The third-order valence-electron chi connectivity index (χ3n) is 6.45. The number of amides is 2. The zero-order valence-corrected chi connectivity index (χ0v) is 18.8. The van der Waals surface area contributed by atoms with Crippen molar-refractivity contribution in [1.29, 1.82) is 0 Å². The molecule has 0 aromatic rings. The number of carbonyl (C=O) groups is 4. The Morgan fingerprint density at radius 3 is 2.39 bits per heavy atom. The van der Waals surface area contributed by atoms with E-state index in [0.29, 0.717) is 17.9 Å². The predicted molar refractivity (Wildman–Crippen MR) is 115 cm³/mol. The molecule has 0 aromatic heterocycles. The number of fused-ring (bicyclic) bond motifs is 2. The fraction of sp³-hybridized carbons (Fsp3) is 0.636. The second-order valence-electron chi connectivity index (χ2n) is 8.35. The van der Waals surface area contributed by atoms with Gasteiger partial charge in [0.1, 0.15) is 5.70 Å². The van der Waals surface area contributed by atoms with E-state index in [1.807, 2.05) is 17.2 Å². The Labute approximate surface area is 183 Å². The molecule has 0 radical (unpaired) electrons. The molecule has 0 spiro atoms. The minimum atomic E-state index is -0.202. The number of allylic oxidation sites excluding steroid dienone is 2. The Hall–Kier alpha value is -2.52. The van der Waals surface area contributed by atoms with Crippen molar-refractivity contribution in [3.8, 4) is 0 Å². The molecule has 9 heteroatoms. The Morgan fingerprint density at radius 2 is 1.77 bits per heavy atom. The van der Waals surface area contributed by atoms with Gasteiger partial charge >= 0.3 is 0 Å². The Kier molecular flexibility index (Phi) is 7.27. The van der Waals surface area contributed by atoms with Crippen LogP contribution in [0, 0.1) is 0 Å². The van der Waals surface area contributed by atoms with Gasteiger partial charge in [0.2, 0.25) is 0 Å². The molecule has 0 bridgehead atoms. The van der Waals surface area contributed by atoms with E-state index in [2.05, 4.69) is 10.6 Å². The zero-order valence-electron chi connectivity index (χ0n) is 18.8. The standard InChI is InChI=1S/C12H18N2O2.C10H15N3O2/c1-8(15)11-7-6-9-4-3-5-10(13-2)12(16)14(9)11;1-7(14)9-4-6-12-5-3-8(11-2)10(15)13(9)12/h5,9,11,13H,3-4,6-7H2,1-2H3;4,8,11H,3,5-6H2,1-2H3. The summed E-state index contributed by atoms with van der Waals surface area (Å²) in [5.74, 6) is 0.0150. The topological polar surface area (TPSA) is 102 Å². The van der Waals surface area contributed by atoms with Gasteiger partial charge in [-0.3, -0.25) is 19.2 Å². The van der Waals surface area contributed by atoms with Crippen LogP contribution in [0.4, 0.5) is 0 Å². The summed E-state index contributed by atoms with van der Waals surface area (Å²) < 4.78 is 0. The molecule has 0 aliphatic carbocycles. The second kappa shape index (κ2) is 9.74. The molecule has 2 fully saturated rings. The van der Waals surface area contributed by atoms with Crippen LogP contribution in [0.1, 0.15) is 46.0 Å².